The third kappa shape index (κ3) is 4.27. The zero-order valence-electron chi connectivity index (χ0n) is 13.4. The molecule has 128 valence electrons. The highest BCUT2D eigenvalue weighted by Crippen LogP contribution is 2.20. The van der Waals surface area contributed by atoms with Gasteiger partial charge in [-0.15, -0.1) is 0 Å². The van der Waals surface area contributed by atoms with Crippen molar-refractivity contribution in [2.45, 2.75) is 44.4 Å². The molecule has 3 heterocycles. The zero-order valence-corrected chi connectivity index (χ0v) is 13.4. The van der Waals surface area contributed by atoms with Crippen LogP contribution < -0.4 is 0 Å². The van der Waals surface area contributed by atoms with Crippen LogP contribution in [0.1, 0.15) is 25.7 Å². The van der Waals surface area contributed by atoms with E-state index in [0.29, 0.717) is 19.1 Å². The van der Waals surface area contributed by atoms with E-state index >= 15 is 0 Å². The van der Waals surface area contributed by atoms with E-state index in [-0.39, 0.29) is 5.69 Å². The van der Waals surface area contributed by atoms with E-state index in [1.165, 1.54) is 55.8 Å². The molecule has 2 atom stereocenters. The second-order valence-electron chi connectivity index (χ2n) is 6.63. The first-order valence-corrected chi connectivity index (χ1v) is 8.43. The van der Waals surface area contributed by atoms with E-state index in [4.69, 9.17) is 0 Å². The van der Waals surface area contributed by atoms with E-state index in [1.807, 2.05) is 0 Å². The molecule has 2 saturated heterocycles. The van der Waals surface area contributed by atoms with Crippen LogP contribution in [0.4, 0.5) is 5.69 Å². The monoisotopic (exact) mass is 323 g/mol. The summed E-state index contributed by atoms with van der Waals surface area (Å²) in [4.78, 5) is 15.1. The smallest absolute Gasteiger partial charge is 0.306 e. The maximum Gasteiger partial charge on any atom is 0.306 e. The van der Waals surface area contributed by atoms with Gasteiger partial charge in [-0.25, -0.2) is 0 Å². The molecule has 0 saturated carbocycles. The van der Waals surface area contributed by atoms with E-state index in [9.17, 15) is 15.2 Å². The van der Waals surface area contributed by atoms with Gasteiger partial charge in [0.2, 0.25) is 0 Å². The normalized spacial score (nSPS) is 24.8. The fourth-order valence-corrected chi connectivity index (χ4v) is 3.72. The summed E-state index contributed by atoms with van der Waals surface area (Å²) in [7, 11) is 0. The molecule has 0 amide bonds. The number of rotatable bonds is 6. The van der Waals surface area contributed by atoms with Gasteiger partial charge in [-0.05, 0) is 45.3 Å². The van der Waals surface area contributed by atoms with Crippen LogP contribution in [-0.4, -0.2) is 74.5 Å². The summed E-state index contributed by atoms with van der Waals surface area (Å²) in [5, 5.41) is 24.9. The number of hydrogen-bond donors (Lipinski definition) is 1. The van der Waals surface area contributed by atoms with E-state index in [2.05, 4.69) is 14.9 Å². The molecule has 0 aromatic carbocycles. The maximum atomic E-state index is 10.7. The Kier molecular flexibility index (Phi) is 5.24. The summed E-state index contributed by atoms with van der Waals surface area (Å²) >= 11 is 0. The summed E-state index contributed by atoms with van der Waals surface area (Å²) in [6, 6.07) is 0.615. The van der Waals surface area contributed by atoms with Crippen LogP contribution in [0.5, 0.6) is 0 Å². The number of hydrogen-bond acceptors (Lipinski definition) is 6. The lowest BCUT2D eigenvalue weighted by Gasteiger charge is -2.38. The molecule has 1 aromatic rings. The van der Waals surface area contributed by atoms with Crippen molar-refractivity contribution in [1.82, 2.24) is 19.6 Å². The molecule has 8 nitrogen and oxygen atoms in total. The molecule has 0 bridgehead atoms. The van der Waals surface area contributed by atoms with Crippen LogP contribution in [0.2, 0.25) is 0 Å². The quantitative estimate of drug-likeness (QED) is 0.613. The standard InChI is InChI=1S/C15H25N5O3/c21-15(12-19-10-14(8-16-19)20(22)23)11-17-5-3-4-13(9-17)18-6-1-2-7-18/h8,10,13,15,21H,1-7,9,11-12H2. The minimum absolute atomic E-state index is 0.0377. The summed E-state index contributed by atoms with van der Waals surface area (Å²) in [5.41, 5.74) is -0.0377. The van der Waals surface area contributed by atoms with Gasteiger partial charge in [0.25, 0.3) is 0 Å². The average molecular weight is 323 g/mol. The van der Waals surface area contributed by atoms with Crippen molar-refractivity contribution in [2.75, 3.05) is 32.7 Å². The highest BCUT2D eigenvalue weighted by molar-refractivity contribution is 5.20. The molecule has 0 spiro atoms. The van der Waals surface area contributed by atoms with Gasteiger partial charge in [-0.3, -0.25) is 24.6 Å². The van der Waals surface area contributed by atoms with Crippen molar-refractivity contribution < 1.29 is 10.0 Å². The summed E-state index contributed by atoms with van der Waals surface area (Å²) in [5.74, 6) is 0. The third-order valence-electron chi connectivity index (χ3n) is 4.83. The van der Waals surface area contributed by atoms with Crippen LogP contribution in [0, 0.1) is 10.1 Å². The number of likely N-dealkylation sites (tertiary alicyclic amines) is 2. The largest absolute Gasteiger partial charge is 0.390 e. The van der Waals surface area contributed by atoms with Crippen molar-refractivity contribution in [2.24, 2.45) is 0 Å². The first-order valence-electron chi connectivity index (χ1n) is 8.43. The first-order chi connectivity index (χ1) is 11.1. The summed E-state index contributed by atoms with van der Waals surface area (Å²) in [6.45, 7) is 5.32. The second-order valence-corrected chi connectivity index (χ2v) is 6.63. The van der Waals surface area contributed by atoms with Crippen LogP contribution in [0.15, 0.2) is 12.4 Å². The number of aliphatic hydroxyl groups excluding tert-OH is 1. The van der Waals surface area contributed by atoms with E-state index in [1.54, 1.807) is 0 Å². The Morgan fingerprint density at radius 2 is 2.09 bits per heavy atom. The Hall–Kier alpha value is -1.51. The number of nitro groups is 1. The number of piperidine rings is 1. The maximum absolute atomic E-state index is 10.7. The van der Waals surface area contributed by atoms with Crippen molar-refractivity contribution in [3.8, 4) is 0 Å². The lowest BCUT2D eigenvalue weighted by Crippen LogP contribution is -2.49. The fourth-order valence-electron chi connectivity index (χ4n) is 3.72. The fraction of sp³-hybridized carbons (Fsp3) is 0.800. The van der Waals surface area contributed by atoms with Crippen LogP contribution in [-0.2, 0) is 6.54 Å². The Morgan fingerprint density at radius 3 is 2.78 bits per heavy atom. The lowest BCUT2D eigenvalue weighted by molar-refractivity contribution is -0.385. The Labute approximate surface area is 135 Å². The van der Waals surface area contributed by atoms with E-state index < -0.39 is 11.0 Å². The van der Waals surface area contributed by atoms with Gasteiger partial charge in [0.15, 0.2) is 0 Å². The Bertz CT molecular complexity index is 529. The second kappa shape index (κ2) is 7.37. The molecule has 2 unspecified atom stereocenters. The first kappa shape index (κ1) is 16.4. The summed E-state index contributed by atoms with van der Waals surface area (Å²) < 4.78 is 1.45. The molecule has 2 aliphatic rings. The highest BCUT2D eigenvalue weighted by Gasteiger charge is 2.28. The molecule has 8 heteroatoms. The van der Waals surface area contributed by atoms with Crippen molar-refractivity contribution in [1.29, 1.82) is 0 Å². The molecule has 3 rings (SSSR count). The molecule has 1 aromatic heterocycles. The van der Waals surface area contributed by atoms with Gasteiger partial charge in [0, 0.05) is 19.1 Å². The molecule has 0 radical (unpaired) electrons. The number of aromatic nitrogens is 2. The van der Waals surface area contributed by atoms with Gasteiger partial charge >= 0.3 is 5.69 Å². The van der Waals surface area contributed by atoms with Gasteiger partial charge in [0.1, 0.15) is 12.4 Å². The Morgan fingerprint density at radius 1 is 1.30 bits per heavy atom. The molecule has 1 N–H and O–H groups in total. The van der Waals surface area contributed by atoms with Crippen LogP contribution >= 0.6 is 0 Å². The minimum Gasteiger partial charge on any atom is -0.390 e. The molecule has 2 aliphatic heterocycles. The van der Waals surface area contributed by atoms with Crippen LogP contribution in [0.25, 0.3) is 0 Å². The summed E-state index contributed by atoms with van der Waals surface area (Å²) in [6.07, 6.45) is 7.04. The van der Waals surface area contributed by atoms with Crippen LogP contribution in [0.3, 0.4) is 0 Å². The Balaban J connectivity index is 1.48. The number of β-amino-alcohol motifs (C(OH)–C–C–N with tert-alkyl or cyclic N) is 1. The average Bonchev–Trinajstić information content (AvgIpc) is 3.18. The number of nitrogens with zero attached hydrogens (tertiary/aromatic N) is 5. The van der Waals surface area contributed by atoms with Gasteiger partial charge < -0.3 is 5.11 Å². The molecular weight excluding hydrogens is 298 g/mol. The zero-order chi connectivity index (χ0) is 16.2. The molecular formula is C15H25N5O3. The highest BCUT2D eigenvalue weighted by atomic mass is 16.6. The number of aliphatic hydroxyl groups is 1. The van der Waals surface area contributed by atoms with Gasteiger partial charge in [-0.2, -0.15) is 5.10 Å². The van der Waals surface area contributed by atoms with Gasteiger partial charge in [-0.1, -0.05) is 0 Å². The van der Waals surface area contributed by atoms with E-state index in [0.717, 1.165) is 13.1 Å². The van der Waals surface area contributed by atoms with Crippen molar-refractivity contribution >= 4 is 5.69 Å². The van der Waals surface area contributed by atoms with Gasteiger partial charge in [0.05, 0.1) is 17.6 Å². The molecule has 0 aliphatic carbocycles. The van der Waals surface area contributed by atoms with Crippen molar-refractivity contribution in [3.05, 3.63) is 22.5 Å². The molecule has 23 heavy (non-hydrogen) atoms. The van der Waals surface area contributed by atoms with Crippen molar-refractivity contribution in [3.63, 3.8) is 0 Å². The topological polar surface area (TPSA) is 87.7 Å². The third-order valence-corrected chi connectivity index (χ3v) is 4.83. The lowest BCUT2D eigenvalue weighted by atomic mass is 10.0. The predicted molar refractivity (Wildman–Crippen MR) is 85.2 cm³/mol. The minimum atomic E-state index is -0.563. The SMILES string of the molecule is O=[N+]([O-])c1cnn(CC(O)CN2CCCC(N3CCCC3)C2)c1. The predicted octanol–water partition coefficient (Wildman–Crippen LogP) is 0.712. The molecule has 2 fully saturated rings.